The van der Waals surface area contributed by atoms with Crippen LogP contribution in [0, 0.1) is 0 Å². The fraction of sp³-hybridized carbons (Fsp3) is 1.00. The van der Waals surface area contributed by atoms with E-state index in [9.17, 15) is 0 Å². The number of nitrogens with two attached hydrogens (primary N) is 1. The van der Waals surface area contributed by atoms with Crippen molar-refractivity contribution in [3.05, 3.63) is 0 Å². The number of hydrogen-bond donors (Lipinski definition) is 2. The van der Waals surface area contributed by atoms with Gasteiger partial charge in [0.2, 0.25) is 0 Å². The van der Waals surface area contributed by atoms with Crippen molar-refractivity contribution in [1.29, 1.82) is 0 Å². The van der Waals surface area contributed by atoms with E-state index >= 15 is 0 Å². The Morgan fingerprint density at radius 2 is 2.22 bits per heavy atom. The van der Waals surface area contributed by atoms with E-state index in [1.165, 1.54) is 0 Å². The average Bonchev–Trinajstić information content (AvgIpc) is 1.66. The molecule has 0 spiro atoms. The van der Waals surface area contributed by atoms with Gasteiger partial charge >= 0.3 is 0 Å². The minimum atomic E-state index is -0.231. The highest BCUT2D eigenvalue weighted by Crippen LogP contribution is 1.93. The highest BCUT2D eigenvalue weighted by Gasteiger charge is 1.92. The zero-order valence-electron chi connectivity index (χ0n) is 5.54. The summed E-state index contributed by atoms with van der Waals surface area (Å²) in [5.74, 6) is 4.73. The molecule has 0 aliphatic heterocycles. The molecule has 9 heavy (non-hydrogen) atoms. The van der Waals surface area contributed by atoms with Crippen molar-refractivity contribution in [3.8, 4) is 0 Å². The Bertz CT molecular complexity index is 52.2. The Labute approximate surface area is 61.6 Å². The number of aliphatic hydroxyl groups excluding tert-OH is 1. The lowest BCUT2D eigenvalue weighted by atomic mass is 10.2. The molecule has 3 nitrogen and oxygen atoms in total. The maximum Gasteiger partial charge on any atom is 0.0680 e. The summed E-state index contributed by atoms with van der Waals surface area (Å²) >= 11 is 0. The van der Waals surface area contributed by atoms with Gasteiger partial charge < -0.3 is 9.94 Å². The first-order valence-electron chi connectivity index (χ1n) is 2.77. The van der Waals surface area contributed by atoms with Gasteiger partial charge in [-0.2, -0.15) is 0 Å². The van der Waals surface area contributed by atoms with Gasteiger partial charge in [-0.05, 0) is 19.8 Å². The molecular weight excluding hydrogens is 142 g/mol. The van der Waals surface area contributed by atoms with Crippen molar-refractivity contribution in [2.75, 3.05) is 6.61 Å². The standard InChI is InChI=1S/C5H13NO2.ClH/c1-5(7)3-2-4-8-6;/h5,7H,2-4,6H2,1H3;1H. The van der Waals surface area contributed by atoms with Crippen LogP contribution in [0.2, 0.25) is 0 Å². The number of hydrogen-bond acceptors (Lipinski definition) is 3. The topological polar surface area (TPSA) is 55.5 Å². The first kappa shape index (κ1) is 11.9. The molecule has 3 N–H and O–H groups in total. The van der Waals surface area contributed by atoms with Gasteiger partial charge in [0, 0.05) is 0 Å². The lowest BCUT2D eigenvalue weighted by Gasteiger charge is -2.00. The third-order valence-corrected chi connectivity index (χ3v) is 0.884. The second kappa shape index (κ2) is 8.17. The van der Waals surface area contributed by atoms with Gasteiger partial charge in [0.1, 0.15) is 0 Å². The van der Waals surface area contributed by atoms with Gasteiger partial charge in [0.15, 0.2) is 0 Å². The van der Waals surface area contributed by atoms with E-state index in [1.807, 2.05) is 0 Å². The summed E-state index contributed by atoms with van der Waals surface area (Å²) in [6.45, 7) is 2.28. The second-order valence-corrected chi connectivity index (χ2v) is 1.86. The Morgan fingerprint density at radius 1 is 1.67 bits per heavy atom. The van der Waals surface area contributed by atoms with Crippen LogP contribution >= 0.6 is 12.4 Å². The van der Waals surface area contributed by atoms with E-state index in [1.54, 1.807) is 6.92 Å². The predicted molar refractivity (Wildman–Crippen MR) is 38.3 cm³/mol. The number of halogens is 1. The van der Waals surface area contributed by atoms with Crippen LogP contribution < -0.4 is 5.90 Å². The molecule has 0 aliphatic rings. The van der Waals surface area contributed by atoms with Gasteiger partial charge in [-0.15, -0.1) is 12.4 Å². The first-order valence-corrected chi connectivity index (χ1v) is 2.77. The highest BCUT2D eigenvalue weighted by atomic mass is 35.5. The van der Waals surface area contributed by atoms with Crippen LogP contribution in [0.5, 0.6) is 0 Å². The van der Waals surface area contributed by atoms with E-state index in [0.29, 0.717) is 6.61 Å². The average molecular weight is 156 g/mol. The number of rotatable bonds is 4. The molecular formula is C5H14ClNO2. The van der Waals surface area contributed by atoms with Crippen molar-refractivity contribution < 1.29 is 9.94 Å². The molecule has 0 saturated heterocycles. The fourth-order valence-electron chi connectivity index (χ4n) is 0.462. The minimum Gasteiger partial charge on any atom is -0.393 e. The minimum absolute atomic E-state index is 0. The van der Waals surface area contributed by atoms with Crippen molar-refractivity contribution in [2.45, 2.75) is 25.9 Å². The molecule has 0 aromatic rings. The van der Waals surface area contributed by atoms with Crippen molar-refractivity contribution in [3.63, 3.8) is 0 Å². The normalized spacial score (nSPS) is 12.3. The van der Waals surface area contributed by atoms with Gasteiger partial charge in [-0.3, -0.25) is 0 Å². The van der Waals surface area contributed by atoms with Gasteiger partial charge in [0.25, 0.3) is 0 Å². The van der Waals surface area contributed by atoms with E-state index in [2.05, 4.69) is 4.84 Å². The molecule has 1 atom stereocenters. The SMILES string of the molecule is CC(O)CCCON.Cl. The lowest BCUT2D eigenvalue weighted by Crippen LogP contribution is -2.05. The molecule has 0 heterocycles. The van der Waals surface area contributed by atoms with Crippen LogP contribution in [-0.2, 0) is 4.84 Å². The summed E-state index contributed by atoms with van der Waals surface area (Å²) in [7, 11) is 0. The largest absolute Gasteiger partial charge is 0.393 e. The summed E-state index contributed by atoms with van der Waals surface area (Å²) in [6.07, 6.45) is 1.36. The molecule has 0 rings (SSSR count). The van der Waals surface area contributed by atoms with Crippen LogP contribution in [0.3, 0.4) is 0 Å². The van der Waals surface area contributed by atoms with Crippen LogP contribution in [0.15, 0.2) is 0 Å². The zero-order chi connectivity index (χ0) is 6.41. The summed E-state index contributed by atoms with van der Waals surface area (Å²) < 4.78 is 0. The van der Waals surface area contributed by atoms with Gasteiger partial charge in [-0.25, -0.2) is 5.90 Å². The highest BCUT2D eigenvalue weighted by molar-refractivity contribution is 5.85. The van der Waals surface area contributed by atoms with Gasteiger partial charge in [0.05, 0.1) is 12.7 Å². The lowest BCUT2D eigenvalue weighted by molar-refractivity contribution is 0.114. The van der Waals surface area contributed by atoms with E-state index in [-0.39, 0.29) is 18.5 Å². The monoisotopic (exact) mass is 155 g/mol. The Hall–Kier alpha value is 0.170. The smallest absolute Gasteiger partial charge is 0.0680 e. The Balaban J connectivity index is 0. The molecule has 0 saturated carbocycles. The van der Waals surface area contributed by atoms with Crippen LogP contribution in [-0.4, -0.2) is 17.8 Å². The maximum atomic E-state index is 8.68. The molecule has 0 bridgehead atoms. The third kappa shape index (κ3) is 11.6. The van der Waals surface area contributed by atoms with Crippen molar-refractivity contribution in [1.82, 2.24) is 0 Å². The molecule has 0 amide bonds. The summed E-state index contributed by atoms with van der Waals surface area (Å²) in [6, 6.07) is 0. The molecule has 1 unspecified atom stereocenters. The van der Waals surface area contributed by atoms with Crippen molar-refractivity contribution >= 4 is 12.4 Å². The van der Waals surface area contributed by atoms with E-state index < -0.39 is 0 Å². The summed E-state index contributed by atoms with van der Waals surface area (Å²) in [5, 5.41) is 8.68. The number of aliphatic hydroxyl groups is 1. The molecule has 0 fully saturated rings. The molecule has 0 aliphatic carbocycles. The summed E-state index contributed by atoms with van der Waals surface area (Å²) in [4.78, 5) is 4.28. The molecule has 0 radical (unpaired) electrons. The van der Waals surface area contributed by atoms with Crippen LogP contribution in [0.4, 0.5) is 0 Å². The molecule has 58 valence electrons. The van der Waals surface area contributed by atoms with E-state index in [4.69, 9.17) is 11.0 Å². The molecule has 4 heteroatoms. The van der Waals surface area contributed by atoms with Crippen molar-refractivity contribution in [2.24, 2.45) is 5.90 Å². The Morgan fingerprint density at radius 3 is 2.56 bits per heavy atom. The molecule has 0 aromatic heterocycles. The van der Waals surface area contributed by atoms with E-state index in [0.717, 1.165) is 12.8 Å². The predicted octanol–water partition coefficient (Wildman–Crippen LogP) is 0.460. The van der Waals surface area contributed by atoms with Crippen LogP contribution in [0.25, 0.3) is 0 Å². The quantitative estimate of drug-likeness (QED) is 0.458. The van der Waals surface area contributed by atoms with Crippen LogP contribution in [0.1, 0.15) is 19.8 Å². The Kier molecular flexibility index (Phi) is 10.8. The third-order valence-electron chi connectivity index (χ3n) is 0.884. The van der Waals surface area contributed by atoms with Gasteiger partial charge in [-0.1, -0.05) is 0 Å². The maximum absolute atomic E-state index is 8.68. The summed E-state index contributed by atoms with van der Waals surface area (Å²) in [5.41, 5.74) is 0. The first-order chi connectivity index (χ1) is 3.77. The fourth-order valence-corrected chi connectivity index (χ4v) is 0.462. The second-order valence-electron chi connectivity index (χ2n) is 1.86. The molecule has 0 aromatic carbocycles. The zero-order valence-corrected chi connectivity index (χ0v) is 6.36.